The lowest BCUT2D eigenvalue weighted by atomic mass is 10.1. The SMILES string of the molecule is Cc1ccc(Br)c(C(F)(F)CO)c1. The maximum absolute atomic E-state index is 13.0. The molecule has 0 saturated carbocycles. The van der Waals surface area contributed by atoms with E-state index in [1.165, 1.54) is 6.07 Å². The van der Waals surface area contributed by atoms with Gasteiger partial charge < -0.3 is 5.11 Å². The Kier molecular flexibility index (Phi) is 3.03. The van der Waals surface area contributed by atoms with Crippen LogP contribution >= 0.6 is 15.9 Å². The molecule has 72 valence electrons. The number of aryl methyl sites for hydroxylation is 1. The van der Waals surface area contributed by atoms with Crippen LogP contribution in [0.3, 0.4) is 0 Å². The van der Waals surface area contributed by atoms with E-state index in [0.29, 0.717) is 4.47 Å². The van der Waals surface area contributed by atoms with Crippen LogP contribution in [-0.4, -0.2) is 11.7 Å². The minimum absolute atomic E-state index is 0.171. The highest BCUT2D eigenvalue weighted by molar-refractivity contribution is 9.10. The van der Waals surface area contributed by atoms with Crippen molar-refractivity contribution in [3.8, 4) is 0 Å². The minimum atomic E-state index is -3.18. The van der Waals surface area contributed by atoms with Gasteiger partial charge in [0.05, 0.1) is 0 Å². The Labute approximate surface area is 83.5 Å². The van der Waals surface area contributed by atoms with E-state index < -0.39 is 12.5 Å². The quantitative estimate of drug-likeness (QED) is 0.856. The van der Waals surface area contributed by atoms with E-state index in [9.17, 15) is 8.78 Å². The summed E-state index contributed by atoms with van der Waals surface area (Å²) in [6, 6.07) is 4.63. The zero-order valence-electron chi connectivity index (χ0n) is 7.02. The number of aliphatic hydroxyl groups is 1. The molecule has 0 atom stereocenters. The third-order valence-corrected chi connectivity index (χ3v) is 2.41. The third-order valence-electron chi connectivity index (χ3n) is 1.71. The number of alkyl halides is 2. The van der Waals surface area contributed by atoms with Crippen LogP contribution in [0.4, 0.5) is 8.78 Å². The first-order chi connectivity index (χ1) is 5.97. The predicted molar refractivity (Wildman–Crippen MR) is 49.9 cm³/mol. The van der Waals surface area contributed by atoms with Crippen LogP contribution in [0.2, 0.25) is 0 Å². The van der Waals surface area contributed by atoms with Crippen LogP contribution in [0.25, 0.3) is 0 Å². The van der Waals surface area contributed by atoms with Crippen molar-refractivity contribution in [2.75, 3.05) is 6.61 Å². The van der Waals surface area contributed by atoms with Crippen LogP contribution in [0.1, 0.15) is 11.1 Å². The molecule has 0 fully saturated rings. The molecule has 1 nitrogen and oxygen atoms in total. The molecule has 0 spiro atoms. The second kappa shape index (κ2) is 3.72. The van der Waals surface area contributed by atoms with Gasteiger partial charge in [0.1, 0.15) is 6.61 Å². The van der Waals surface area contributed by atoms with Crippen LogP contribution in [0, 0.1) is 6.92 Å². The van der Waals surface area contributed by atoms with Crippen molar-refractivity contribution in [3.05, 3.63) is 33.8 Å². The van der Waals surface area contributed by atoms with Crippen LogP contribution in [-0.2, 0) is 5.92 Å². The number of hydrogen-bond acceptors (Lipinski definition) is 1. The van der Waals surface area contributed by atoms with E-state index in [0.717, 1.165) is 5.56 Å². The Morgan fingerprint density at radius 2 is 2.08 bits per heavy atom. The Morgan fingerprint density at radius 3 is 2.62 bits per heavy atom. The average molecular weight is 251 g/mol. The van der Waals surface area contributed by atoms with Crippen molar-refractivity contribution in [3.63, 3.8) is 0 Å². The van der Waals surface area contributed by atoms with Gasteiger partial charge in [0, 0.05) is 10.0 Å². The highest BCUT2D eigenvalue weighted by Crippen LogP contribution is 2.33. The summed E-state index contributed by atoms with van der Waals surface area (Å²) in [5, 5.41) is 8.49. The molecule has 0 radical (unpaired) electrons. The van der Waals surface area contributed by atoms with Crippen molar-refractivity contribution in [1.29, 1.82) is 0 Å². The molecule has 1 rings (SSSR count). The number of rotatable bonds is 2. The van der Waals surface area contributed by atoms with Gasteiger partial charge in [0.15, 0.2) is 0 Å². The largest absolute Gasteiger partial charge is 0.390 e. The number of halogens is 3. The minimum Gasteiger partial charge on any atom is -0.390 e. The summed E-state index contributed by atoms with van der Waals surface area (Å²) in [6.07, 6.45) is 0. The van der Waals surface area contributed by atoms with Crippen LogP contribution in [0.15, 0.2) is 22.7 Å². The molecular weight excluding hydrogens is 242 g/mol. The number of hydrogen-bond donors (Lipinski definition) is 1. The first-order valence-corrected chi connectivity index (χ1v) is 4.52. The molecule has 0 aliphatic rings. The van der Waals surface area contributed by atoms with E-state index in [4.69, 9.17) is 5.11 Å². The lowest BCUT2D eigenvalue weighted by molar-refractivity contribution is -0.0562. The second-order valence-electron chi connectivity index (χ2n) is 2.85. The van der Waals surface area contributed by atoms with Crippen molar-refractivity contribution < 1.29 is 13.9 Å². The van der Waals surface area contributed by atoms with Crippen molar-refractivity contribution in [1.82, 2.24) is 0 Å². The van der Waals surface area contributed by atoms with Gasteiger partial charge >= 0.3 is 0 Å². The maximum Gasteiger partial charge on any atom is 0.296 e. The standard InChI is InChI=1S/C9H9BrF2O/c1-6-2-3-8(10)7(4-6)9(11,12)5-13/h2-4,13H,5H2,1H3. The summed E-state index contributed by atoms with van der Waals surface area (Å²) in [5.74, 6) is -3.18. The molecule has 1 N–H and O–H groups in total. The van der Waals surface area contributed by atoms with Crippen molar-refractivity contribution in [2.45, 2.75) is 12.8 Å². The van der Waals surface area contributed by atoms with Gasteiger partial charge in [-0.05, 0) is 19.1 Å². The van der Waals surface area contributed by atoms with E-state index in [2.05, 4.69) is 15.9 Å². The molecule has 4 heteroatoms. The van der Waals surface area contributed by atoms with E-state index in [-0.39, 0.29) is 5.56 Å². The van der Waals surface area contributed by atoms with Crippen molar-refractivity contribution >= 4 is 15.9 Å². The van der Waals surface area contributed by atoms with Gasteiger partial charge in [-0.3, -0.25) is 0 Å². The lowest BCUT2D eigenvalue weighted by Gasteiger charge is -2.15. The molecule has 13 heavy (non-hydrogen) atoms. The number of aliphatic hydroxyl groups excluding tert-OH is 1. The zero-order valence-corrected chi connectivity index (χ0v) is 8.61. The average Bonchev–Trinajstić information content (AvgIpc) is 2.09. The van der Waals surface area contributed by atoms with Gasteiger partial charge in [-0.2, -0.15) is 8.78 Å². The van der Waals surface area contributed by atoms with Crippen LogP contribution < -0.4 is 0 Å². The van der Waals surface area contributed by atoms with Gasteiger partial charge in [0.25, 0.3) is 5.92 Å². The molecular formula is C9H9BrF2O. The molecule has 0 heterocycles. The molecule has 1 aromatic carbocycles. The molecule has 0 aliphatic carbocycles. The first kappa shape index (κ1) is 10.6. The predicted octanol–water partition coefficient (Wildman–Crippen LogP) is 2.84. The van der Waals surface area contributed by atoms with Crippen molar-refractivity contribution in [2.24, 2.45) is 0 Å². The number of benzene rings is 1. The summed E-state index contributed by atoms with van der Waals surface area (Å²) in [6.45, 7) is 0.554. The van der Waals surface area contributed by atoms with E-state index in [1.807, 2.05) is 0 Å². The maximum atomic E-state index is 13.0. The third kappa shape index (κ3) is 2.25. The smallest absolute Gasteiger partial charge is 0.296 e. The second-order valence-corrected chi connectivity index (χ2v) is 3.70. The summed E-state index contributed by atoms with van der Waals surface area (Å²) in [7, 11) is 0. The first-order valence-electron chi connectivity index (χ1n) is 3.72. The zero-order chi connectivity index (χ0) is 10.1. The summed E-state index contributed by atoms with van der Waals surface area (Å²) in [5.41, 5.74) is 0.571. The lowest BCUT2D eigenvalue weighted by Crippen LogP contribution is -2.19. The van der Waals surface area contributed by atoms with E-state index >= 15 is 0 Å². The fraction of sp³-hybridized carbons (Fsp3) is 0.333. The summed E-state index contributed by atoms with van der Waals surface area (Å²) >= 11 is 3.02. The topological polar surface area (TPSA) is 20.2 Å². The Morgan fingerprint density at radius 1 is 1.46 bits per heavy atom. The van der Waals surface area contributed by atoms with Gasteiger partial charge in [-0.1, -0.05) is 27.6 Å². The molecule has 1 aromatic rings. The molecule has 0 bridgehead atoms. The summed E-state index contributed by atoms with van der Waals surface area (Å²) < 4.78 is 26.4. The Balaban J connectivity index is 3.20. The van der Waals surface area contributed by atoms with E-state index in [1.54, 1.807) is 19.1 Å². The van der Waals surface area contributed by atoms with Gasteiger partial charge in [-0.25, -0.2) is 0 Å². The fourth-order valence-electron chi connectivity index (χ4n) is 1.00. The Hall–Kier alpha value is -0.480. The normalized spacial score (nSPS) is 11.8. The highest BCUT2D eigenvalue weighted by Gasteiger charge is 2.32. The molecule has 0 unspecified atom stereocenters. The monoisotopic (exact) mass is 250 g/mol. The molecule has 0 saturated heterocycles. The summed E-state index contributed by atoms with van der Waals surface area (Å²) in [4.78, 5) is 0. The molecule has 0 aliphatic heterocycles. The van der Waals surface area contributed by atoms with Gasteiger partial charge in [-0.15, -0.1) is 0 Å². The highest BCUT2D eigenvalue weighted by atomic mass is 79.9. The van der Waals surface area contributed by atoms with Crippen LogP contribution in [0.5, 0.6) is 0 Å². The van der Waals surface area contributed by atoms with Gasteiger partial charge in [0.2, 0.25) is 0 Å². The molecule has 0 aromatic heterocycles. The fourth-order valence-corrected chi connectivity index (χ4v) is 1.54. The molecule has 0 amide bonds. The Bertz CT molecular complexity index is 312.